The van der Waals surface area contributed by atoms with Gasteiger partial charge in [0.1, 0.15) is 12.4 Å². The molecule has 2 N–H and O–H groups in total. The maximum Gasteiger partial charge on any atom is 0.253 e. The number of benzene rings is 2. The predicted molar refractivity (Wildman–Crippen MR) is 93.1 cm³/mol. The van der Waals surface area contributed by atoms with E-state index in [4.69, 9.17) is 23.2 Å². The lowest BCUT2D eigenvalue weighted by Gasteiger charge is -2.15. The molecule has 1 heterocycles. The molecule has 0 aromatic heterocycles. The molecule has 6 heteroatoms. The Morgan fingerprint density at radius 3 is 2.71 bits per heavy atom. The standard InChI is InChI=1S/C18H17Cl2FN2O/c19-15-9-16(20)17(21)8-14(15)18(24)22-13-6-7-23(11-13)10-12-4-2-1-3-5-12/h1-5,8-9,13H,6-7,10-11H2,(H,22,24)/p+1/t13-/m0/s1. The quantitative estimate of drug-likeness (QED) is 0.800. The van der Waals surface area contributed by atoms with Crippen molar-refractivity contribution >= 4 is 29.1 Å². The summed E-state index contributed by atoms with van der Waals surface area (Å²) in [6, 6.07) is 12.7. The van der Waals surface area contributed by atoms with Crippen LogP contribution in [0.2, 0.25) is 10.0 Å². The Balaban J connectivity index is 1.59. The van der Waals surface area contributed by atoms with Crippen LogP contribution < -0.4 is 10.2 Å². The minimum absolute atomic E-state index is 0.0611. The number of carbonyl (C=O) groups excluding carboxylic acids is 1. The van der Waals surface area contributed by atoms with E-state index >= 15 is 0 Å². The van der Waals surface area contributed by atoms with E-state index in [2.05, 4.69) is 17.4 Å². The van der Waals surface area contributed by atoms with Gasteiger partial charge in [-0.1, -0.05) is 53.5 Å². The van der Waals surface area contributed by atoms with Crippen molar-refractivity contribution in [2.45, 2.75) is 19.0 Å². The fraction of sp³-hybridized carbons (Fsp3) is 0.278. The summed E-state index contributed by atoms with van der Waals surface area (Å²) in [5, 5.41) is 3.02. The second-order valence-corrected chi connectivity index (χ2v) is 6.89. The zero-order valence-corrected chi connectivity index (χ0v) is 14.5. The molecule has 1 saturated heterocycles. The van der Waals surface area contributed by atoms with E-state index < -0.39 is 5.82 Å². The van der Waals surface area contributed by atoms with Gasteiger partial charge >= 0.3 is 0 Å². The molecule has 24 heavy (non-hydrogen) atoms. The van der Waals surface area contributed by atoms with Gasteiger partial charge in [0.25, 0.3) is 5.91 Å². The first-order valence-corrected chi connectivity index (χ1v) is 8.61. The molecule has 1 unspecified atom stereocenters. The highest BCUT2D eigenvalue weighted by Gasteiger charge is 2.28. The van der Waals surface area contributed by atoms with Gasteiger partial charge in [0.2, 0.25) is 0 Å². The Bertz CT molecular complexity index is 739. The van der Waals surface area contributed by atoms with Crippen LogP contribution in [0.5, 0.6) is 0 Å². The normalized spacial score (nSPS) is 20.1. The molecule has 2 atom stereocenters. The van der Waals surface area contributed by atoms with Crippen LogP contribution in [0.4, 0.5) is 4.39 Å². The summed E-state index contributed by atoms with van der Waals surface area (Å²) in [7, 11) is 0. The zero-order valence-electron chi connectivity index (χ0n) is 13.0. The van der Waals surface area contributed by atoms with Gasteiger partial charge in [-0.15, -0.1) is 0 Å². The Morgan fingerprint density at radius 1 is 1.21 bits per heavy atom. The summed E-state index contributed by atoms with van der Waals surface area (Å²) < 4.78 is 13.6. The van der Waals surface area contributed by atoms with Gasteiger partial charge in [0, 0.05) is 12.0 Å². The largest absolute Gasteiger partial charge is 0.343 e. The minimum Gasteiger partial charge on any atom is -0.343 e. The molecule has 0 radical (unpaired) electrons. The molecule has 3 nitrogen and oxygen atoms in total. The van der Waals surface area contributed by atoms with Crippen LogP contribution >= 0.6 is 23.2 Å². The number of carbonyl (C=O) groups is 1. The van der Waals surface area contributed by atoms with Crippen LogP contribution in [-0.2, 0) is 6.54 Å². The predicted octanol–water partition coefficient (Wildman–Crippen LogP) is 2.72. The lowest BCUT2D eigenvalue weighted by molar-refractivity contribution is -0.901. The van der Waals surface area contributed by atoms with Gasteiger partial charge in [-0.2, -0.15) is 0 Å². The van der Waals surface area contributed by atoms with Gasteiger partial charge in [-0.05, 0) is 12.1 Å². The van der Waals surface area contributed by atoms with Crippen molar-refractivity contribution in [3.05, 3.63) is 69.5 Å². The summed E-state index contributed by atoms with van der Waals surface area (Å²) in [6.45, 7) is 2.76. The summed E-state index contributed by atoms with van der Waals surface area (Å²) in [4.78, 5) is 13.8. The van der Waals surface area contributed by atoms with E-state index in [1.807, 2.05) is 18.2 Å². The van der Waals surface area contributed by atoms with Crippen LogP contribution in [-0.4, -0.2) is 25.0 Å². The fourth-order valence-electron chi connectivity index (χ4n) is 3.06. The van der Waals surface area contributed by atoms with E-state index in [-0.39, 0.29) is 27.6 Å². The summed E-state index contributed by atoms with van der Waals surface area (Å²) in [6.07, 6.45) is 0.890. The highest BCUT2D eigenvalue weighted by molar-refractivity contribution is 6.36. The number of hydrogen-bond donors (Lipinski definition) is 2. The maximum atomic E-state index is 13.6. The Hall–Kier alpha value is -1.62. The molecule has 126 valence electrons. The van der Waals surface area contributed by atoms with Crippen molar-refractivity contribution < 1.29 is 14.1 Å². The van der Waals surface area contributed by atoms with Gasteiger partial charge in [-0.3, -0.25) is 4.79 Å². The monoisotopic (exact) mass is 367 g/mol. The average molecular weight is 368 g/mol. The number of rotatable bonds is 4. The molecule has 1 aliphatic rings. The third kappa shape index (κ3) is 4.07. The van der Waals surface area contributed by atoms with Crippen LogP contribution in [0, 0.1) is 5.82 Å². The van der Waals surface area contributed by atoms with Crippen LogP contribution in [0.3, 0.4) is 0 Å². The Labute approximate surface area is 150 Å². The molecular weight excluding hydrogens is 350 g/mol. The molecule has 0 aliphatic carbocycles. The van der Waals surface area contributed by atoms with Gasteiger partial charge in [0.15, 0.2) is 0 Å². The van der Waals surface area contributed by atoms with E-state index in [9.17, 15) is 9.18 Å². The topological polar surface area (TPSA) is 33.5 Å². The van der Waals surface area contributed by atoms with Crippen LogP contribution in [0.15, 0.2) is 42.5 Å². The number of halogens is 3. The van der Waals surface area contributed by atoms with E-state index in [0.29, 0.717) is 0 Å². The lowest BCUT2D eigenvalue weighted by atomic mass is 10.1. The highest BCUT2D eigenvalue weighted by Crippen LogP contribution is 2.24. The highest BCUT2D eigenvalue weighted by atomic mass is 35.5. The molecule has 0 bridgehead atoms. The van der Waals surface area contributed by atoms with Crippen molar-refractivity contribution in [1.82, 2.24) is 5.32 Å². The van der Waals surface area contributed by atoms with Crippen molar-refractivity contribution in [1.29, 1.82) is 0 Å². The van der Waals surface area contributed by atoms with E-state index in [1.165, 1.54) is 16.5 Å². The average Bonchev–Trinajstić information content (AvgIpc) is 2.98. The second kappa shape index (κ2) is 7.51. The molecule has 1 aliphatic heterocycles. The van der Waals surface area contributed by atoms with Crippen LogP contribution in [0.1, 0.15) is 22.3 Å². The smallest absolute Gasteiger partial charge is 0.253 e. The zero-order chi connectivity index (χ0) is 17.1. The van der Waals surface area contributed by atoms with Crippen molar-refractivity contribution in [3.8, 4) is 0 Å². The number of amides is 1. The number of quaternary nitrogens is 1. The Morgan fingerprint density at radius 2 is 1.96 bits per heavy atom. The molecule has 2 aromatic carbocycles. The SMILES string of the molecule is O=C(N[C@H]1CC[NH+](Cc2ccccc2)C1)c1cc(F)c(Cl)cc1Cl. The van der Waals surface area contributed by atoms with Gasteiger partial charge in [-0.25, -0.2) is 4.39 Å². The fourth-order valence-corrected chi connectivity index (χ4v) is 3.53. The number of hydrogen-bond acceptors (Lipinski definition) is 1. The van der Waals surface area contributed by atoms with Crippen LogP contribution in [0.25, 0.3) is 0 Å². The number of nitrogens with one attached hydrogen (secondary N) is 2. The molecule has 0 spiro atoms. The molecule has 1 amide bonds. The number of likely N-dealkylation sites (tertiary alicyclic amines) is 1. The molecule has 0 saturated carbocycles. The van der Waals surface area contributed by atoms with Gasteiger partial charge < -0.3 is 10.2 Å². The summed E-state index contributed by atoms with van der Waals surface area (Å²) >= 11 is 11.7. The van der Waals surface area contributed by atoms with Crippen molar-refractivity contribution in [2.24, 2.45) is 0 Å². The van der Waals surface area contributed by atoms with E-state index in [0.717, 1.165) is 32.1 Å². The summed E-state index contributed by atoms with van der Waals surface area (Å²) in [5.41, 5.74) is 1.40. The van der Waals surface area contributed by atoms with Crippen molar-refractivity contribution in [3.63, 3.8) is 0 Å². The molecular formula is C18H18Cl2FN2O+. The van der Waals surface area contributed by atoms with E-state index in [1.54, 1.807) is 0 Å². The third-order valence-electron chi connectivity index (χ3n) is 4.27. The van der Waals surface area contributed by atoms with Crippen molar-refractivity contribution in [2.75, 3.05) is 13.1 Å². The molecule has 2 aromatic rings. The maximum absolute atomic E-state index is 13.6. The Kier molecular flexibility index (Phi) is 5.39. The first-order chi connectivity index (χ1) is 11.5. The minimum atomic E-state index is -0.644. The third-order valence-corrected chi connectivity index (χ3v) is 4.87. The van der Waals surface area contributed by atoms with Gasteiger partial charge in [0.05, 0.1) is 34.7 Å². The summed E-state index contributed by atoms with van der Waals surface area (Å²) in [5.74, 6) is -1.00. The molecule has 1 fully saturated rings. The second-order valence-electron chi connectivity index (χ2n) is 6.07. The first kappa shape index (κ1) is 17.2. The lowest BCUT2D eigenvalue weighted by Crippen LogP contribution is -3.09. The first-order valence-electron chi connectivity index (χ1n) is 7.86. The molecule has 3 rings (SSSR count).